The van der Waals surface area contributed by atoms with E-state index in [1.165, 1.54) is 10.9 Å². The predicted molar refractivity (Wildman–Crippen MR) is 88.4 cm³/mol. The summed E-state index contributed by atoms with van der Waals surface area (Å²) in [5.74, 6) is 0.755. The zero-order valence-corrected chi connectivity index (χ0v) is 12.8. The number of benzene rings is 2. The molecule has 0 bridgehead atoms. The van der Waals surface area contributed by atoms with Gasteiger partial charge in [-0.05, 0) is 30.2 Å². The van der Waals surface area contributed by atoms with Gasteiger partial charge in [-0.2, -0.15) is 0 Å². The van der Waals surface area contributed by atoms with Gasteiger partial charge in [-0.3, -0.25) is 0 Å². The topological polar surface area (TPSA) is 37.0 Å². The second kappa shape index (κ2) is 5.70. The van der Waals surface area contributed by atoms with Crippen LogP contribution >= 0.6 is 11.6 Å². The second-order valence-corrected chi connectivity index (χ2v) is 5.42. The van der Waals surface area contributed by atoms with Gasteiger partial charge in [0.25, 0.3) is 0 Å². The van der Waals surface area contributed by atoms with Crippen molar-refractivity contribution >= 4 is 28.2 Å². The lowest BCUT2D eigenvalue weighted by atomic mass is 10.1. The maximum absolute atomic E-state index is 6.13. The number of halogens is 1. The zero-order valence-electron chi connectivity index (χ0n) is 12.0. The first-order valence-corrected chi connectivity index (χ1v) is 7.20. The SMILES string of the molecule is COc1cc(Cl)c(C)cc1NCc1c[nH]c2ccccc12. The van der Waals surface area contributed by atoms with Gasteiger partial charge in [-0.15, -0.1) is 0 Å². The van der Waals surface area contributed by atoms with Crippen LogP contribution in [0.2, 0.25) is 5.02 Å². The highest BCUT2D eigenvalue weighted by atomic mass is 35.5. The summed E-state index contributed by atoms with van der Waals surface area (Å²) in [6.07, 6.45) is 2.03. The van der Waals surface area contributed by atoms with Gasteiger partial charge < -0.3 is 15.0 Å². The van der Waals surface area contributed by atoms with Crippen molar-refractivity contribution in [2.75, 3.05) is 12.4 Å². The minimum Gasteiger partial charge on any atom is -0.495 e. The molecule has 2 N–H and O–H groups in total. The Morgan fingerprint density at radius 3 is 2.86 bits per heavy atom. The molecule has 0 unspecified atom stereocenters. The van der Waals surface area contributed by atoms with Crippen LogP contribution in [0, 0.1) is 6.92 Å². The number of aromatic nitrogens is 1. The van der Waals surface area contributed by atoms with Gasteiger partial charge in [-0.25, -0.2) is 0 Å². The summed E-state index contributed by atoms with van der Waals surface area (Å²) in [5, 5.41) is 5.37. The lowest BCUT2D eigenvalue weighted by Gasteiger charge is -2.13. The van der Waals surface area contributed by atoms with Crippen LogP contribution in [0.25, 0.3) is 10.9 Å². The molecule has 0 aliphatic heterocycles. The quantitative estimate of drug-likeness (QED) is 0.729. The fourth-order valence-corrected chi connectivity index (χ4v) is 2.59. The molecule has 0 aliphatic carbocycles. The number of aromatic amines is 1. The Balaban J connectivity index is 1.86. The number of hydrogen-bond acceptors (Lipinski definition) is 2. The first-order valence-electron chi connectivity index (χ1n) is 6.82. The number of anilines is 1. The molecule has 3 rings (SSSR count). The van der Waals surface area contributed by atoms with E-state index >= 15 is 0 Å². The summed E-state index contributed by atoms with van der Waals surface area (Å²) < 4.78 is 5.38. The van der Waals surface area contributed by atoms with Crippen molar-refractivity contribution in [1.29, 1.82) is 0 Å². The molecular weight excluding hydrogens is 284 g/mol. The lowest BCUT2D eigenvalue weighted by molar-refractivity contribution is 0.416. The van der Waals surface area contributed by atoms with Crippen molar-refractivity contribution in [3.8, 4) is 5.75 Å². The Labute approximate surface area is 128 Å². The summed E-state index contributed by atoms with van der Waals surface area (Å²) in [6.45, 7) is 2.71. The Morgan fingerprint density at radius 1 is 1.24 bits per heavy atom. The highest BCUT2D eigenvalue weighted by Crippen LogP contribution is 2.31. The first kappa shape index (κ1) is 13.8. The van der Waals surface area contributed by atoms with Crippen molar-refractivity contribution in [3.63, 3.8) is 0 Å². The highest BCUT2D eigenvalue weighted by molar-refractivity contribution is 6.31. The van der Waals surface area contributed by atoms with Crippen molar-refractivity contribution in [3.05, 3.63) is 58.7 Å². The highest BCUT2D eigenvalue weighted by Gasteiger charge is 2.08. The van der Waals surface area contributed by atoms with Crippen LogP contribution in [0.4, 0.5) is 5.69 Å². The number of para-hydroxylation sites is 1. The van der Waals surface area contributed by atoms with Crippen molar-refractivity contribution in [2.24, 2.45) is 0 Å². The van der Waals surface area contributed by atoms with Crippen molar-refractivity contribution in [2.45, 2.75) is 13.5 Å². The molecule has 0 atom stereocenters. The average molecular weight is 301 g/mol. The molecule has 21 heavy (non-hydrogen) atoms. The fourth-order valence-electron chi connectivity index (χ4n) is 2.44. The number of nitrogens with one attached hydrogen (secondary N) is 2. The first-order chi connectivity index (χ1) is 10.2. The summed E-state index contributed by atoms with van der Waals surface area (Å²) in [7, 11) is 1.65. The Bertz CT molecular complexity index is 780. The predicted octanol–water partition coefficient (Wildman–Crippen LogP) is 4.75. The maximum Gasteiger partial charge on any atom is 0.143 e. The van der Waals surface area contributed by atoms with Crippen molar-refractivity contribution < 1.29 is 4.74 Å². The number of methoxy groups -OCH3 is 1. The Morgan fingerprint density at radius 2 is 2.05 bits per heavy atom. The third-order valence-corrected chi connectivity index (χ3v) is 4.03. The standard InChI is InChI=1S/C17H17ClN2O/c1-11-7-16(17(21-2)8-14(11)18)20-10-12-9-19-15-6-4-3-5-13(12)15/h3-9,19-20H,10H2,1-2H3. The van der Waals surface area contributed by atoms with Crippen LogP contribution in [0.5, 0.6) is 5.75 Å². The molecule has 0 saturated carbocycles. The van der Waals surface area contributed by atoms with E-state index < -0.39 is 0 Å². The van der Waals surface area contributed by atoms with E-state index in [2.05, 4.69) is 22.4 Å². The van der Waals surface area contributed by atoms with Gasteiger partial charge >= 0.3 is 0 Å². The van der Waals surface area contributed by atoms with Crippen LogP contribution in [0.15, 0.2) is 42.6 Å². The monoisotopic (exact) mass is 300 g/mol. The third-order valence-electron chi connectivity index (χ3n) is 3.62. The maximum atomic E-state index is 6.13. The smallest absolute Gasteiger partial charge is 0.143 e. The van der Waals surface area contributed by atoms with E-state index in [9.17, 15) is 0 Å². The molecule has 0 aliphatic rings. The zero-order chi connectivity index (χ0) is 14.8. The molecule has 0 radical (unpaired) electrons. The number of aryl methyl sites for hydroxylation is 1. The summed E-state index contributed by atoms with van der Waals surface area (Å²) in [6, 6.07) is 12.1. The number of ether oxygens (including phenoxy) is 1. The van der Waals surface area contributed by atoms with Crippen LogP contribution in [0.1, 0.15) is 11.1 Å². The molecule has 1 heterocycles. The molecule has 3 aromatic rings. The Hall–Kier alpha value is -2.13. The van der Waals surface area contributed by atoms with Crippen LogP contribution < -0.4 is 10.1 Å². The summed E-state index contributed by atoms with van der Waals surface area (Å²) >= 11 is 6.13. The van der Waals surface area contributed by atoms with Crippen LogP contribution in [0.3, 0.4) is 0 Å². The molecule has 2 aromatic carbocycles. The summed E-state index contributed by atoms with van der Waals surface area (Å²) in [4.78, 5) is 3.28. The van der Waals surface area contributed by atoms with E-state index in [-0.39, 0.29) is 0 Å². The minimum atomic E-state index is 0.712. The van der Waals surface area contributed by atoms with E-state index in [0.29, 0.717) is 5.02 Å². The van der Waals surface area contributed by atoms with Crippen LogP contribution in [-0.4, -0.2) is 12.1 Å². The van der Waals surface area contributed by atoms with Gasteiger partial charge in [0.15, 0.2) is 0 Å². The molecule has 0 amide bonds. The minimum absolute atomic E-state index is 0.712. The van der Waals surface area contributed by atoms with Gasteiger partial charge in [0, 0.05) is 34.7 Å². The van der Waals surface area contributed by atoms with Gasteiger partial charge in [0.05, 0.1) is 12.8 Å². The van der Waals surface area contributed by atoms with Crippen LogP contribution in [-0.2, 0) is 6.54 Å². The lowest BCUT2D eigenvalue weighted by Crippen LogP contribution is -2.01. The molecule has 0 fully saturated rings. The van der Waals surface area contributed by atoms with E-state index in [1.807, 2.05) is 37.4 Å². The van der Waals surface area contributed by atoms with Gasteiger partial charge in [0.1, 0.15) is 5.75 Å². The van der Waals surface area contributed by atoms with Gasteiger partial charge in [-0.1, -0.05) is 29.8 Å². The molecule has 108 valence electrons. The molecule has 3 nitrogen and oxygen atoms in total. The number of hydrogen-bond donors (Lipinski definition) is 2. The second-order valence-electron chi connectivity index (χ2n) is 5.01. The van der Waals surface area contributed by atoms with E-state index in [4.69, 9.17) is 16.3 Å². The summed E-state index contributed by atoms with van der Waals surface area (Å²) in [5.41, 5.74) is 4.34. The molecule has 4 heteroatoms. The van der Waals surface area contributed by atoms with Gasteiger partial charge in [0.2, 0.25) is 0 Å². The van der Waals surface area contributed by atoms with Crippen molar-refractivity contribution in [1.82, 2.24) is 4.98 Å². The molecule has 0 saturated heterocycles. The number of H-pyrrole nitrogens is 1. The molecular formula is C17H17ClN2O. The largest absolute Gasteiger partial charge is 0.495 e. The normalized spacial score (nSPS) is 10.8. The van der Waals surface area contributed by atoms with E-state index in [1.54, 1.807) is 7.11 Å². The average Bonchev–Trinajstić information content (AvgIpc) is 2.91. The number of fused-ring (bicyclic) bond motifs is 1. The Kier molecular flexibility index (Phi) is 3.76. The molecule has 0 spiro atoms. The van der Waals surface area contributed by atoms with E-state index in [0.717, 1.165) is 29.1 Å². The fraction of sp³-hybridized carbons (Fsp3) is 0.176. The molecule has 1 aromatic heterocycles. The third kappa shape index (κ3) is 2.69. The number of rotatable bonds is 4.